The van der Waals surface area contributed by atoms with Gasteiger partial charge in [0.1, 0.15) is 11.9 Å². The van der Waals surface area contributed by atoms with Crippen LogP contribution in [-0.4, -0.2) is 69.3 Å². The van der Waals surface area contributed by atoms with Gasteiger partial charge in [-0.2, -0.15) is 9.97 Å². The molecule has 0 aliphatic carbocycles. The summed E-state index contributed by atoms with van der Waals surface area (Å²) in [5.41, 5.74) is 4.59. The Morgan fingerprint density at radius 2 is 2.20 bits per heavy atom. The Hall–Kier alpha value is -2.99. The van der Waals surface area contributed by atoms with Gasteiger partial charge in [0.2, 0.25) is 5.95 Å². The second kappa shape index (κ2) is 8.79. The maximum atomic E-state index is 13.7. The summed E-state index contributed by atoms with van der Waals surface area (Å²) in [4.78, 5) is 20.6. The Labute approximate surface area is 173 Å². The molecule has 11 nitrogen and oxygen atoms in total. The first-order valence-electron chi connectivity index (χ1n) is 9.84. The summed E-state index contributed by atoms with van der Waals surface area (Å²) in [7, 11) is 5.15. The highest BCUT2D eigenvalue weighted by atomic mass is 19.1. The Kier molecular flexibility index (Phi) is 5.95. The highest BCUT2D eigenvalue weighted by Gasteiger charge is 2.26. The lowest BCUT2D eigenvalue weighted by molar-refractivity contribution is 0.0537. The third-order valence-electron chi connectivity index (χ3n) is 4.91. The summed E-state index contributed by atoms with van der Waals surface area (Å²) in [5, 5.41) is 7.72. The molecule has 1 fully saturated rings. The lowest BCUT2D eigenvalue weighted by Crippen LogP contribution is -2.23. The lowest BCUT2D eigenvalue weighted by Gasteiger charge is -2.16. The minimum absolute atomic E-state index is 0.290. The first-order valence-corrected chi connectivity index (χ1v) is 9.84. The van der Waals surface area contributed by atoms with Gasteiger partial charge in [-0.1, -0.05) is 0 Å². The van der Waals surface area contributed by atoms with E-state index in [9.17, 15) is 4.39 Å². The van der Waals surface area contributed by atoms with Crippen LogP contribution in [0.2, 0.25) is 0 Å². The van der Waals surface area contributed by atoms with E-state index in [1.54, 1.807) is 25.2 Å². The van der Waals surface area contributed by atoms with Crippen LogP contribution in [0.5, 0.6) is 5.88 Å². The summed E-state index contributed by atoms with van der Waals surface area (Å²) >= 11 is 0. The van der Waals surface area contributed by atoms with E-state index in [0.717, 1.165) is 6.42 Å². The standard InChI is InChI=1S/C18H26FN9O2/c1-20-30-8-4-6-28-10-13(17(25-28)29-3)22-15-14-16(26(2)11-21-14)24-18(23-15)27-7-5-12(19)9-27/h10-12,20H,4-9H2,1-3H3,(H,22,23,24). The molecule has 30 heavy (non-hydrogen) atoms. The van der Waals surface area contributed by atoms with Gasteiger partial charge < -0.3 is 24.4 Å². The first kappa shape index (κ1) is 20.3. The van der Waals surface area contributed by atoms with Gasteiger partial charge >= 0.3 is 0 Å². The van der Waals surface area contributed by atoms with E-state index in [2.05, 4.69) is 30.8 Å². The number of hydrogen-bond acceptors (Lipinski definition) is 9. The second-order valence-electron chi connectivity index (χ2n) is 7.08. The summed E-state index contributed by atoms with van der Waals surface area (Å²) in [6.07, 6.45) is 3.93. The molecule has 0 bridgehead atoms. The van der Waals surface area contributed by atoms with Crippen LogP contribution in [0, 0.1) is 0 Å². The molecule has 4 heterocycles. The van der Waals surface area contributed by atoms with Crippen molar-refractivity contribution in [2.75, 3.05) is 44.1 Å². The van der Waals surface area contributed by atoms with E-state index in [-0.39, 0.29) is 0 Å². The minimum atomic E-state index is -0.863. The zero-order chi connectivity index (χ0) is 21.1. The first-order chi connectivity index (χ1) is 14.6. The smallest absolute Gasteiger partial charge is 0.256 e. The van der Waals surface area contributed by atoms with Crippen LogP contribution in [0.3, 0.4) is 0 Å². The highest BCUT2D eigenvalue weighted by molar-refractivity contribution is 5.87. The minimum Gasteiger partial charge on any atom is -0.478 e. The van der Waals surface area contributed by atoms with Gasteiger partial charge in [0.25, 0.3) is 5.88 Å². The fourth-order valence-electron chi connectivity index (χ4n) is 3.41. The van der Waals surface area contributed by atoms with Crippen molar-refractivity contribution in [3.8, 4) is 5.88 Å². The van der Waals surface area contributed by atoms with Crippen molar-refractivity contribution in [1.82, 2.24) is 34.8 Å². The van der Waals surface area contributed by atoms with Gasteiger partial charge in [0.15, 0.2) is 17.0 Å². The number of aryl methyl sites for hydroxylation is 2. The number of rotatable bonds is 9. The number of fused-ring (bicyclic) bond motifs is 1. The van der Waals surface area contributed by atoms with Gasteiger partial charge in [-0.05, 0) is 12.8 Å². The molecule has 1 saturated heterocycles. The van der Waals surface area contributed by atoms with E-state index in [4.69, 9.17) is 9.57 Å². The maximum absolute atomic E-state index is 13.7. The molecule has 0 amide bonds. The number of imidazole rings is 1. The number of alkyl halides is 1. The zero-order valence-corrected chi connectivity index (χ0v) is 17.3. The molecule has 1 atom stereocenters. The molecule has 3 aromatic rings. The predicted octanol–water partition coefficient (Wildman–Crippen LogP) is 1.40. The summed E-state index contributed by atoms with van der Waals surface area (Å²) in [6.45, 7) is 2.11. The van der Waals surface area contributed by atoms with Crippen LogP contribution in [0.25, 0.3) is 11.2 Å². The molecule has 1 aliphatic heterocycles. The molecule has 1 unspecified atom stereocenters. The molecular formula is C18H26FN9O2. The third kappa shape index (κ3) is 4.14. The normalized spacial score (nSPS) is 16.5. The van der Waals surface area contributed by atoms with Crippen molar-refractivity contribution in [1.29, 1.82) is 0 Å². The van der Waals surface area contributed by atoms with Crippen LogP contribution >= 0.6 is 0 Å². The topological polar surface area (TPSA) is 107 Å². The van der Waals surface area contributed by atoms with Gasteiger partial charge in [-0.25, -0.2) is 14.9 Å². The quantitative estimate of drug-likeness (QED) is 0.393. The fraction of sp³-hybridized carbons (Fsp3) is 0.556. The largest absolute Gasteiger partial charge is 0.478 e. The van der Waals surface area contributed by atoms with Crippen LogP contribution in [0.15, 0.2) is 12.5 Å². The van der Waals surface area contributed by atoms with Crippen LogP contribution in [0.1, 0.15) is 12.8 Å². The van der Waals surface area contributed by atoms with E-state index >= 15 is 0 Å². The van der Waals surface area contributed by atoms with Crippen molar-refractivity contribution in [2.45, 2.75) is 25.6 Å². The van der Waals surface area contributed by atoms with Gasteiger partial charge in [0, 0.05) is 27.2 Å². The molecule has 0 radical (unpaired) electrons. The summed E-state index contributed by atoms with van der Waals surface area (Å²) in [5.74, 6) is 1.44. The van der Waals surface area contributed by atoms with Crippen LogP contribution in [0.4, 0.5) is 21.8 Å². The Morgan fingerprint density at radius 3 is 2.93 bits per heavy atom. The third-order valence-corrected chi connectivity index (χ3v) is 4.91. The van der Waals surface area contributed by atoms with Crippen molar-refractivity contribution in [2.24, 2.45) is 7.05 Å². The molecule has 3 aromatic heterocycles. The summed E-state index contributed by atoms with van der Waals surface area (Å²) < 4.78 is 22.7. The molecular weight excluding hydrogens is 393 g/mol. The molecule has 1 aliphatic rings. The van der Waals surface area contributed by atoms with E-state index in [0.29, 0.717) is 67.2 Å². The Morgan fingerprint density at radius 1 is 1.33 bits per heavy atom. The lowest BCUT2D eigenvalue weighted by atomic mass is 10.3. The average molecular weight is 419 g/mol. The fourth-order valence-corrected chi connectivity index (χ4v) is 3.41. The number of nitrogens with one attached hydrogen (secondary N) is 2. The van der Waals surface area contributed by atoms with Gasteiger partial charge in [-0.3, -0.25) is 4.68 Å². The monoisotopic (exact) mass is 419 g/mol. The predicted molar refractivity (Wildman–Crippen MR) is 110 cm³/mol. The molecule has 0 aromatic carbocycles. The highest BCUT2D eigenvalue weighted by Crippen LogP contribution is 2.30. The van der Waals surface area contributed by atoms with E-state index < -0.39 is 6.17 Å². The van der Waals surface area contributed by atoms with E-state index in [1.807, 2.05) is 22.7 Å². The number of hydroxylamine groups is 1. The Balaban J connectivity index is 1.62. The molecule has 4 rings (SSSR count). The Bertz CT molecular complexity index is 1010. The van der Waals surface area contributed by atoms with Crippen LogP contribution < -0.4 is 20.4 Å². The van der Waals surface area contributed by atoms with Gasteiger partial charge in [0.05, 0.1) is 32.8 Å². The number of methoxy groups -OCH3 is 1. The summed E-state index contributed by atoms with van der Waals surface area (Å²) in [6, 6.07) is 0. The van der Waals surface area contributed by atoms with Crippen LogP contribution in [-0.2, 0) is 18.4 Å². The van der Waals surface area contributed by atoms with Crippen molar-refractivity contribution >= 4 is 28.6 Å². The van der Waals surface area contributed by atoms with Gasteiger partial charge in [-0.15, -0.1) is 5.10 Å². The number of aromatic nitrogens is 6. The molecule has 12 heteroatoms. The SMILES string of the molecule is CNOCCCn1cc(Nc2nc(N3CCC(F)C3)nc3c2ncn3C)c(OC)n1. The average Bonchev–Trinajstić information content (AvgIpc) is 3.44. The number of nitrogens with zero attached hydrogens (tertiary/aromatic N) is 7. The number of hydrogen-bond donors (Lipinski definition) is 2. The van der Waals surface area contributed by atoms with Crippen molar-refractivity contribution in [3.63, 3.8) is 0 Å². The molecule has 2 N–H and O–H groups in total. The van der Waals surface area contributed by atoms with E-state index in [1.165, 1.54) is 0 Å². The maximum Gasteiger partial charge on any atom is 0.256 e. The zero-order valence-electron chi connectivity index (χ0n) is 17.3. The van der Waals surface area contributed by atoms with Crippen molar-refractivity contribution in [3.05, 3.63) is 12.5 Å². The number of ether oxygens (including phenoxy) is 1. The number of anilines is 3. The molecule has 0 saturated carbocycles. The molecule has 0 spiro atoms. The molecule has 162 valence electrons. The number of halogens is 1. The van der Waals surface area contributed by atoms with Crippen molar-refractivity contribution < 1.29 is 14.0 Å². The second-order valence-corrected chi connectivity index (χ2v) is 7.08.